The first kappa shape index (κ1) is 14.3. The molecule has 0 unspecified atom stereocenters. The van der Waals surface area contributed by atoms with Crippen LogP contribution in [0, 0.1) is 0 Å². The molecule has 2 rings (SSSR count). The number of thioether (sulfide) groups is 1. The molecular weight excluding hydrogens is 280 g/mol. The second kappa shape index (κ2) is 6.88. The molecule has 1 aromatic carbocycles. The highest BCUT2D eigenvalue weighted by Crippen LogP contribution is 2.30. The van der Waals surface area contributed by atoms with Crippen LogP contribution >= 0.6 is 23.1 Å². The van der Waals surface area contributed by atoms with Crippen LogP contribution in [0.2, 0.25) is 0 Å². The van der Waals surface area contributed by atoms with Crippen LogP contribution in [-0.2, 0) is 9.53 Å². The molecule has 0 spiro atoms. The highest BCUT2D eigenvalue weighted by Gasteiger charge is 2.08. The number of hydrogen-bond donors (Lipinski definition) is 1. The first-order chi connectivity index (χ1) is 9.22. The molecule has 0 bridgehead atoms. The molecule has 1 heterocycles. The van der Waals surface area contributed by atoms with Crippen LogP contribution in [0.5, 0.6) is 0 Å². The number of nitrogens with zero attached hydrogens (tertiary/aromatic N) is 1. The van der Waals surface area contributed by atoms with Crippen molar-refractivity contribution in [1.29, 1.82) is 0 Å². The molecule has 0 atom stereocenters. The Morgan fingerprint density at radius 3 is 3.11 bits per heavy atom. The van der Waals surface area contributed by atoms with E-state index in [9.17, 15) is 4.79 Å². The van der Waals surface area contributed by atoms with E-state index in [1.54, 1.807) is 0 Å². The van der Waals surface area contributed by atoms with Gasteiger partial charge >= 0.3 is 0 Å². The van der Waals surface area contributed by atoms with Gasteiger partial charge in [0.25, 0.3) is 5.91 Å². The number of amides is 1. The lowest BCUT2D eigenvalue weighted by Crippen LogP contribution is -2.16. The molecule has 1 aromatic heterocycles. The van der Waals surface area contributed by atoms with E-state index in [2.05, 4.69) is 29.4 Å². The second-order valence-corrected chi connectivity index (χ2v) is 6.18. The number of aromatic nitrogens is 1. The number of fused-ring (bicyclic) bond motifs is 1. The number of carbonyl (C=O) groups is 1. The van der Waals surface area contributed by atoms with Gasteiger partial charge in [0.15, 0.2) is 5.13 Å². The molecule has 2 aromatic rings. The molecule has 19 heavy (non-hydrogen) atoms. The average molecular weight is 296 g/mol. The summed E-state index contributed by atoms with van der Waals surface area (Å²) in [6.07, 6.45) is 1.16. The Hall–Kier alpha value is -1.11. The topological polar surface area (TPSA) is 51.2 Å². The number of nitrogens with one attached hydrogen (secondary N) is 1. The summed E-state index contributed by atoms with van der Waals surface area (Å²) in [4.78, 5) is 17.0. The molecule has 102 valence electrons. The van der Waals surface area contributed by atoms with Gasteiger partial charge in [-0.05, 0) is 30.4 Å². The van der Waals surface area contributed by atoms with Gasteiger partial charge < -0.3 is 4.74 Å². The summed E-state index contributed by atoms with van der Waals surface area (Å²) in [7, 11) is 1.50. The smallest absolute Gasteiger partial charge is 0.252 e. The van der Waals surface area contributed by atoms with E-state index < -0.39 is 0 Å². The highest BCUT2D eigenvalue weighted by molar-refractivity contribution is 7.99. The molecule has 0 aliphatic carbocycles. The molecule has 0 aliphatic heterocycles. The lowest BCUT2D eigenvalue weighted by Gasteiger charge is -1.98. The second-order valence-electron chi connectivity index (χ2n) is 3.98. The van der Waals surface area contributed by atoms with Gasteiger partial charge in [-0.1, -0.05) is 18.3 Å². The predicted molar refractivity (Wildman–Crippen MR) is 81.1 cm³/mol. The van der Waals surface area contributed by atoms with E-state index in [0.717, 1.165) is 22.4 Å². The van der Waals surface area contributed by atoms with E-state index in [1.807, 2.05) is 17.8 Å². The summed E-state index contributed by atoms with van der Waals surface area (Å²) in [6.45, 7) is 2.22. The molecule has 1 amide bonds. The van der Waals surface area contributed by atoms with Crippen molar-refractivity contribution in [1.82, 2.24) is 4.98 Å². The zero-order valence-corrected chi connectivity index (χ0v) is 12.6. The van der Waals surface area contributed by atoms with Gasteiger partial charge in [-0.25, -0.2) is 4.98 Å². The molecule has 4 nitrogen and oxygen atoms in total. The summed E-state index contributed by atoms with van der Waals surface area (Å²) in [5.74, 6) is 0.934. The third-order valence-electron chi connectivity index (χ3n) is 2.35. The first-order valence-corrected chi connectivity index (χ1v) is 7.85. The summed E-state index contributed by atoms with van der Waals surface area (Å²) in [6, 6.07) is 6.19. The molecule has 0 saturated heterocycles. The standard InChI is InChI=1S/C13H16N2O2S2/c1-3-6-18-9-4-5-10-11(7-9)19-13(14-10)15-12(16)8-17-2/h4-5,7H,3,6,8H2,1-2H3,(H,14,15,16). The third kappa shape index (κ3) is 3.92. The van der Waals surface area contributed by atoms with Gasteiger partial charge in [-0.2, -0.15) is 0 Å². The number of methoxy groups -OCH3 is 1. The number of benzene rings is 1. The van der Waals surface area contributed by atoms with Gasteiger partial charge in [-0.3, -0.25) is 10.1 Å². The lowest BCUT2D eigenvalue weighted by atomic mass is 10.3. The molecule has 0 saturated carbocycles. The zero-order chi connectivity index (χ0) is 13.7. The minimum absolute atomic E-state index is 0.0491. The zero-order valence-electron chi connectivity index (χ0n) is 10.9. The van der Waals surface area contributed by atoms with Crippen LogP contribution in [0.15, 0.2) is 23.1 Å². The fourth-order valence-electron chi connectivity index (χ4n) is 1.55. The summed E-state index contributed by atoms with van der Waals surface area (Å²) >= 11 is 3.33. The van der Waals surface area contributed by atoms with Crippen LogP contribution in [0.25, 0.3) is 10.2 Å². The maximum Gasteiger partial charge on any atom is 0.252 e. The predicted octanol–water partition coefficient (Wildman–Crippen LogP) is 3.38. The van der Waals surface area contributed by atoms with Crippen LogP contribution < -0.4 is 5.32 Å². The van der Waals surface area contributed by atoms with Gasteiger partial charge in [0.05, 0.1) is 10.2 Å². The first-order valence-electron chi connectivity index (χ1n) is 6.05. The summed E-state index contributed by atoms with van der Waals surface area (Å²) in [5.41, 5.74) is 0.915. The monoisotopic (exact) mass is 296 g/mol. The highest BCUT2D eigenvalue weighted by atomic mass is 32.2. The van der Waals surface area contributed by atoms with Gasteiger partial charge in [0.1, 0.15) is 6.61 Å². The van der Waals surface area contributed by atoms with Crippen molar-refractivity contribution in [3.8, 4) is 0 Å². The normalized spacial score (nSPS) is 10.8. The minimum atomic E-state index is -0.179. The number of hydrogen-bond acceptors (Lipinski definition) is 5. The van der Waals surface area contributed by atoms with Crippen molar-refractivity contribution in [2.24, 2.45) is 0 Å². The lowest BCUT2D eigenvalue weighted by molar-refractivity contribution is -0.119. The fourth-order valence-corrected chi connectivity index (χ4v) is 3.36. The molecule has 0 radical (unpaired) electrons. The number of rotatable bonds is 6. The molecule has 0 aliphatic rings. The van der Waals surface area contributed by atoms with Gasteiger partial charge in [0, 0.05) is 12.0 Å². The maximum absolute atomic E-state index is 11.4. The van der Waals surface area contributed by atoms with E-state index in [0.29, 0.717) is 5.13 Å². The molecule has 1 N–H and O–H groups in total. The Balaban J connectivity index is 2.13. The number of thiazole rings is 1. The Morgan fingerprint density at radius 2 is 2.37 bits per heavy atom. The Bertz CT molecular complexity index is 569. The van der Waals surface area contributed by atoms with E-state index in [-0.39, 0.29) is 12.5 Å². The van der Waals surface area contributed by atoms with Gasteiger partial charge in [0.2, 0.25) is 0 Å². The van der Waals surface area contributed by atoms with Crippen molar-refractivity contribution in [3.63, 3.8) is 0 Å². The van der Waals surface area contributed by atoms with Crippen LogP contribution in [-0.4, -0.2) is 30.4 Å². The molecule has 6 heteroatoms. The third-order valence-corrected chi connectivity index (χ3v) is 4.49. The van der Waals surface area contributed by atoms with Gasteiger partial charge in [-0.15, -0.1) is 11.8 Å². The van der Waals surface area contributed by atoms with Crippen molar-refractivity contribution >= 4 is 44.4 Å². The maximum atomic E-state index is 11.4. The van der Waals surface area contributed by atoms with E-state index in [1.165, 1.54) is 23.3 Å². The van der Waals surface area contributed by atoms with Crippen LogP contribution in [0.1, 0.15) is 13.3 Å². The Kier molecular flexibility index (Phi) is 5.18. The molecular formula is C13H16N2O2S2. The Morgan fingerprint density at radius 1 is 1.53 bits per heavy atom. The number of carbonyl (C=O) groups excluding carboxylic acids is 1. The van der Waals surface area contributed by atoms with Crippen molar-refractivity contribution in [2.45, 2.75) is 18.2 Å². The van der Waals surface area contributed by atoms with Crippen LogP contribution in [0.4, 0.5) is 5.13 Å². The van der Waals surface area contributed by atoms with Crippen LogP contribution in [0.3, 0.4) is 0 Å². The fraction of sp³-hybridized carbons (Fsp3) is 0.385. The van der Waals surface area contributed by atoms with Crippen molar-refractivity contribution in [2.75, 3.05) is 24.8 Å². The summed E-state index contributed by atoms with van der Waals surface area (Å²) < 4.78 is 5.87. The summed E-state index contributed by atoms with van der Waals surface area (Å²) in [5, 5.41) is 3.35. The largest absolute Gasteiger partial charge is 0.375 e. The van der Waals surface area contributed by atoms with Crippen molar-refractivity contribution < 1.29 is 9.53 Å². The number of ether oxygens (including phenoxy) is 1. The molecule has 0 fully saturated rings. The Labute approximate surface area is 120 Å². The quantitative estimate of drug-likeness (QED) is 0.830. The van der Waals surface area contributed by atoms with Crippen molar-refractivity contribution in [3.05, 3.63) is 18.2 Å². The SMILES string of the molecule is CCCSc1ccc2nc(NC(=O)COC)sc2c1. The minimum Gasteiger partial charge on any atom is -0.375 e. The number of anilines is 1. The average Bonchev–Trinajstić information content (AvgIpc) is 2.77. The van der Waals surface area contributed by atoms with E-state index in [4.69, 9.17) is 4.74 Å². The van der Waals surface area contributed by atoms with E-state index >= 15 is 0 Å².